The topological polar surface area (TPSA) is 52.6 Å². The van der Waals surface area contributed by atoms with E-state index >= 15 is 0 Å². The molecule has 0 saturated carbocycles. The Labute approximate surface area is 223 Å². The van der Waals surface area contributed by atoms with E-state index in [9.17, 15) is 9.59 Å². The van der Waals surface area contributed by atoms with Gasteiger partial charge < -0.3 is 9.47 Å². The zero-order valence-electron chi connectivity index (χ0n) is 21.6. The maximum atomic E-state index is 13.8. The second-order valence-electron chi connectivity index (χ2n) is 9.12. The Bertz CT molecular complexity index is 1400. The molecule has 0 heterocycles. The van der Waals surface area contributed by atoms with E-state index in [1.165, 1.54) is 0 Å². The summed E-state index contributed by atoms with van der Waals surface area (Å²) >= 11 is 0. The van der Waals surface area contributed by atoms with Gasteiger partial charge in [-0.05, 0) is 52.8 Å². The molecule has 1 aliphatic carbocycles. The molecule has 0 saturated heterocycles. The number of carbonyl (C=O) groups is 2. The highest BCUT2D eigenvalue weighted by Crippen LogP contribution is 2.58. The van der Waals surface area contributed by atoms with Crippen LogP contribution in [-0.2, 0) is 24.5 Å². The summed E-state index contributed by atoms with van der Waals surface area (Å²) < 4.78 is 11.1. The molecule has 0 aliphatic heterocycles. The zero-order chi connectivity index (χ0) is 26.5. The van der Waals surface area contributed by atoms with Crippen LogP contribution < -0.4 is 0 Å². The van der Waals surface area contributed by atoms with Gasteiger partial charge in [0.15, 0.2) is 5.92 Å². The number of carbonyl (C=O) groups excluding carboxylic acids is 2. The quantitative estimate of drug-likeness (QED) is 0.202. The molecule has 0 atom stereocenters. The SMILES string of the molecule is CCOC(=O)C(C(=O)OCC)C1=C(c2ccccc2)c2ccccc2C1(c1ccccc1)c1ccccc1. The average Bonchev–Trinajstić information content (AvgIpc) is 3.26. The molecular formula is C34H30O4. The predicted molar refractivity (Wildman–Crippen MR) is 148 cm³/mol. The molecule has 190 valence electrons. The Morgan fingerprint density at radius 3 is 1.58 bits per heavy atom. The molecule has 0 amide bonds. The highest BCUT2D eigenvalue weighted by molar-refractivity contribution is 6.06. The summed E-state index contributed by atoms with van der Waals surface area (Å²) in [5.41, 5.74) is 5.37. The van der Waals surface area contributed by atoms with Crippen molar-refractivity contribution >= 4 is 17.5 Å². The van der Waals surface area contributed by atoms with Gasteiger partial charge in [-0.1, -0.05) is 115 Å². The van der Waals surface area contributed by atoms with E-state index in [1.807, 2.05) is 78.9 Å². The molecule has 4 heteroatoms. The van der Waals surface area contributed by atoms with Crippen molar-refractivity contribution in [1.82, 2.24) is 0 Å². The lowest BCUT2D eigenvalue weighted by atomic mass is 9.63. The number of fused-ring (bicyclic) bond motifs is 1. The van der Waals surface area contributed by atoms with Crippen molar-refractivity contribution < 1.29 is 19.1 Å². The van der Waals surface area contributed by atoms with Gasteiger partial charge in [0.1, 0.15) is 0 Å². The van der Waals surface area contributed by atoms with Gasteiger partial charge in [-0.2, -0.15) is 0 Å². The van der Waals surface area contributed by atoms with Crippen LogP contribution in [-0.4, -0.2) is 25.2 Å². The fourth-order valence-corrected chi connectivity index (χ4v) is 5.73. The first-order valence-electron chi connectivity index (χ1n) is 13.0. The lowest BCUT2D eigenvalue weighted by Crippen LogP contribution is -2.40. The minimum Gasteiger partial charge on any atom is -0.465 e. The molecular weight excluding hydrogens is 472 g/mol. The maximum absolute atomic E-state index is 13.8. The second-order valence-corrected chi connectivity index (χ2v) is 9.12. The van der Waals surface area contributed by atoms with Gasteiger partial charge in [0.25, 0.3) is 0 Å². The van der Waals surface area contributed by atoms with Gasteiger partial charge in [0.2, 0.25) is 0 Å². The maximum Gasteiger partial charge on any atom is 0.324 e. The van der Waals surface area contributed by atoms with Gasteiger partial charge >= 0.3 is 11.9 Å². The molecule has 5 rings (SSSR count). The normalized spacial score (nSPS) is 13.8. The Morgan fingerprint density at radius 2 is 1.08 bits per heavy atom. The van der Waals surface area contributed by atoms with Gasteiger partial charge in [-0.3, -0.25) is 9.59 Å². The van der Waals surface area contributed by atoms with E-state index in [2.05, 4.69) is 36.4 Å². The third-order valence-electron chi connectivity index (χ3n) is 7.08. The fourth-order valence-electron chi connectivity index (χ4n) is 5.73. The summed E-state index contributed by atoms with van der Waals surface area (Å²) in [5.74, 6) is -2.49. The van der Waals surface area contributed by atoms with E-state index in [4.69, 9.17) is 9.47 Å². The molecule has 0 spiro atoms. The monoisotopic (exact) mass is 502 g/mol. The summed E-state index contributed by atoms with van der Waals surface area (Å²) in [6.45, 7) is 3.80. The third kappa shape index (κ3) is 4.12. The van der Waals surface area contributed by atoms with Crippen LogP contribution in [0.15, 0.2) is 121 Å². The molecule has 1 aliphatic rings. The summed E-state index contributed by atoms with van der Waals surface area (Å²) in [7, 11) is 0. The highest BCUT2D eigenvalue weighted by atomic mass is 16.6. The van der Waals surface area contributed by atoms with Crippen LogP contribution in [0.5, 0.6) is 0 Å². The van der Waals surface area contributed by atoms with Crippen LogP contribution in [0.3, 0.4) is 0 Å². The second kappa shape index (κ2) is 10.9. The van der Waals surface area contributed by atoms with Crippen molar-refractivity contribution in [2.24, 2.45) is 5.92 Å². The molecule has 0 bridgehead atoms. The fraction of sp³-hybridized carbons (Fsp3) is 0.176. The molecule has 4 nitrogen and oxygen atoms in total. The molecule has 38 heavy (non-hydrogen) atoms. The summed E-state index contributed by atoms with van der Waals surface area (Å²) in [4.78, 5) is 27.5. The lowest BCUT2D eigenvalue weighted by Gasteiger charge is -2.37. The number of esters is 2. The minimum absolute atomic E-state index is 0.152. The summed E-state index contributed by atoms with van der Waals surface area (Å²) in [5, 5.41) is 0. The van der Waals surface area contributed by atoms with Gasteiger partial charge in [-0.25, -0.2) is 0 Å². The Morgan fingerprint density at radius 1 is 0.632 bits per heavy atom. The first-order valence-corrected chi connectivity index (χ1v) is 13.0. The lowest BCUT2D eigenvalue weighted by molar-refractivity contribution is -0.159. The van der Waals surface area contributed by atoms with Crippen molar-refractivity contribution in [2.75, 3.05) is 13.2 Å². The Balaban J connectivity index is 1.99. The first kappa shape index (κ1) is 25.2. The van der Waals surface area contributed by atoms with Crippen molar-refractivity contribution in [1.29, 1.82) is 0 Å². The van der Waals surface area contributed by atoms with E-state index < -0.39 is 23.3 Å². The van der Waals surface area contributed by atoms with E-state index in [-0.39, 0.29) is 13.2 Å². The first-order chi connectivity index (χ1) is 18.6. The van der Waals surface area contributed by atoms with Gasteiger partial charge in [-0.15, -0.1) is 0 Å². The molecule has 0 aromatic heterocycles. The van der Waals surface area contributed by atoms with E-state index in [0.717, 1.165) is 33.4 Å². The molecule has 0 N–H and O–H groups in total. The predicted octanol–water partition coefficient (Wildman–Crippen LogP) is 6.58. The average molecular weight is 503 g/mol. The highest BCUT2D eigenvalue weighted by Gasteiger charge is 2.54. The summed E-state index contributed by atoms with van der Waals surface area (Å²) in [6, 6.07) is 38.3. The standard InChI is InChI=1S/C34H30O4/c1-3-37-32(35)30(33(36)38-4-2)31-29(24-16-8-5-9-17-24)27-22-14-15-23-28(27)34(31,25-18-10-6-11-19-25)26-20-12-7-13-21-26/h5-23,30H,3-4H2,1-2H3. The van der Waals surface area contributed by atoms with Crippen LogP contribution in [0.25, 0.3) is 5.57 Å². The molecule has 0 unspecified atom stereocenters. The minimum atomic E-state index is -1.27. The number of ether oxygens (including phenoxy) is 2. The van der Waals surface area contributed by atoms with Crippen molar-refractivity contribution in [3.63, 3.8) is 0 Å². The van der Waals surface area contributed by atoms with Crippen molar-refractivity contribution in [3.8, 4) is 0 Å². The van der Waals surface area contributed by atoms with Crippen LogP contribution in [0, 0.1) is 5.92 Å². The Kier molecular flexibility index (Phi) is 7.23. The molecule has 0 fully saturated rings. The van der Waals surface area contributed by atoms with Crippen LogP contribution in [0.1, 0.15) is 41.7 Å². The van der Waals surface area contributed by atoms with Crippen molar-refractivity contribution in [2.45, 2.75) is 19.3 Å². The summed E-state index contributed by atoms with van der Waals surface area (Å²) in [6.07, 6.45) is 0. The Hall–Kier alpha value is -4.44. The van der Waals surface area contributed by atoms with Gasteiger partial charge in [0.05, 0.1) is 18.6 Å². The van der Waals surface area contributed by atoms with Crippen LogP contribution in [0.2, 0.25) is 0 Å². The molecule has 4 aromatic rings. The van der Waals surface area contributed by atoms with E-state index in [0.29, 0.717) is 5.57 Å². The smallest absolute Gasteiger partial charge is 0.324 e. The van der Waals surface area contributed by atoms with Crippen LogP contribution in [0.4, 0.5) is 0 Å². The number of benzene rings is 4. The number of rotatable bonds is 8. The third-order valence-corrected chi connectivity index (χ3v) is 7.08. The van der Waals surface area contributed by atoms with E-state index in [1.54, 1.807) is 13.8 Å². The largest absolute Gasteiger partial charge is 0.465 e. The number of hydrogen-bond acceptors (Lipinski definition) is 4. The molecule has 0 radical (unpaired) electrons. The van der Waals surface area contributed by atoms with Gasteiger partial charge in [0, 0.05) is 0 Å². The number of hydrogen-bond donors (Lipinski definition) is 0. The zero-order valence-corrected chi connectivity index (χ0v) is 21.6. The molecule has 4 aromatic carbocycles. The van der Waals surface area contributed by atoms with Crippen LogP contribution >= 0.6 is 0 Å². The van der Waals surface area contributed by atoms with Crippen molar-refractivity contribution in [3.05, 3.63) is 149 Å².